The number of nitrogens with one attached hydrogen (secondary N) is 2. The van der Waals surface area contributed by atoms with Crippen LogP contribution >= 0.6 is 0 Å². The number of hydrogen-bond acceptors (Lipinski definition) is 3. The number of amides is 1. The van der Waals surface area contributed by atoms with Gasteiger partial charge in [0, 0.05) is 6.04 Å². The SMILES string of the molecule is CC(N[C@H](C)c1ccco1)C(=O)NC1CCCCC1. The van der Waals surface area contributed by atoms with Gasteiger partial charge in [0.2, 0.25) is 5.91 Å². The molecule has 4 heteroatoms. The molecule has 0 bridgehead atoms. The minimum Gasteiger partial charge on any atom is -0.468 e. The molecule has 1 aliphatic carbocycles. The van der Waals surface area contributed by atoms with Gasteiger partial charge in [0.05, 0.1) is 18.3 Å². The van der Waals surface area contributed by atoms with E-state index in [4.69, 9.17) is 4.42 Å². The fourth-order valence-corrected chi connectivity index (χ4v) is 2.64. The second-order valence-electron chi connectivity index (χ2n) is 5.47. The van der Waals surface area contributed by atoms with E-state index in [0.717, 1.165) is 18.6 Å². The van der Waals surface area contributed by atoms with Crippen LogP contribution in [0.5, 0.6) is 0 Å². The Bertz CT molecular complexity index is 383. The molecule has 2 rings (SSSR count). The van der Waals surface area contributed by atoms with Gasteiger partial charge in [-0.3, -0.25) is 10.1 Å². The van der Waals surface area contributed by atoms with E-state index in [9.17, 15) is 4.79 Å². The summed E-state index contributed by atoms with van der Waals surface area (Å²) in [7, 11) is 0. The first-order chi connectivity index (χ1) is 9.16. The van der Waals surface area contributed by atoms with Crippen LogP contribution in [-0.2, 0) is 4.79 Å². The summed E-state index contributed by atoms with van der Waals surface area (Å²) in [6.45, 7) is 3.90. The molecule has 0 aromatic carbocycles. The van der Waals surface area contributed by atoms with Crippen molar-refractivity contribution in [2.45, 2.75) is 64.1 Å². The van der Waals surface area contributed by atoms with E-state index in [1.807, 2.05) is 26.0 Å². The van der Waals surface area contributed by atoms with Crippen molar-refractivity contribution in [3.63, 3.8) is 0 Å². The van der Waals surface area contributed by atoms with Crippen molar-refractivity contribution >= 4 is 5.91 Å². The molecule has 0 radical (unpaired) electrons. The molecular weight excluding hydrogens is 240 g/mol. The molecule has 4 nitrogen and oxygen atoms in total. The summed E-state index contributed by atoms with van der Waals surface area (Å²) >= 11 is 0. The maximum absolute atomic E-state index is 12.1. The van der Waals surface area contributed by atoms with Gasteiger partial charge in [-0.05, 0) is 38.8 Å². The van der Waals surface area contributed by atoms with Crippen LogP contribution in [0.4, 0.5) is 0 Å². The Morgan fingerprint density at radius 2 is 2.05 bits per heavy atom. The fourth-order valence-electron chi connectivity index (χ4n) is 2.64. The summed E-state index contributed by atoms with van der Waals surface area (Å²) in [5.74, 6) is 0.947. The highest BCUT2D eigenvalue weighted by molar-refractivity contribution is 5.81. The van der Waals surface area contributed by atoms with Crippen molar-refractivity contribution in [2.75, 3.05) is 0 Å². The van der Waals surface area contributed by atoms with E-state index < -0.39 is 0 Å². The lowest BCUT2D eigenvalue weighted by Crippen LogP contribution is -2.47. The average Bonchev–Trinajstić information content (AvgIpc) is 2.93. The van der Waals surface area contributed by atoms with Gasteiger partial charge in [-0.25, -0.2) is 0 Å². The Labute approximate surface area is 114 Å². The largest absolute Gasteiger partial charge is 0.468 e. The molecule has 0 aliphatic heterocycles. The van der Waals surface area contributed by atoms with Crippen LogP contribution in [0.1, 0.15) is 57.8 Å². The van der Waals surface area contributed by atoms with Crippen molar-refractivity contribution < 1.29 is 9.21 Å². The van der Waals surface area contributed by atoms with Crippen LogP contribution in [-0.4, -0.2) is 18.0 Å². The molecule has 1 amide bonds. The smallest absolute Gasteiger partial charge is 0.237 e. The summed E-state index contributed by atoms with van der Waals surface area (Å²) in [6, 6.07) is 3.98. The molecule has 1 aromatic rings. The third-order valence-electron chi connectivity index (χ3n) is 3.81. The highest BCUT2D eigenvalue weighted by Gasteiger charge is 2.21. The van der Waals surface area contributed by atoms with Crippen molar-refractivity contribution in [1.29, 1.82) is 0 Å². The van der Waals surface area contributed by atoms with E-state index in [0.29, 0.717) is 6.04 Å². The molecule has 1 unspecified atom stereocenters. The number of rotatable bonds is 5. The Balaban J connectivity index is 1.78. The van der Waals surface area contributed by atoms with Gasteiger partial charge < -0.3 is 9.73 Å². The Morgan fingerprint density at radius 3 is 2.68 bits per heavy atom. The molecule has 106 valence electrons. The summed E-state index contributed by atoms with van der Waals surface area (Å²) in [5.41, 5.74) is 0. The van der Waals surface area contributed by atoms with Crippen molar-refractivity contribution in [3.8, 4) is 0 Å². The van der Waals surface area contributed by atoms with Crippen LogP contribution in [0.2, 0.25) is 0 Å². The summed E-state index contributed by atoms with van der Waals surface area (Å²) in [4.78, 5) is 12.1. The predicted molar refractivity (Wildman–Crippen MR) is 74.7 cm³/mol. The van der Waals surface area contributed by atoms with Crippen molar-refractivity contribution in [1.82, 2.24) is 10.6 Å². The molecule has 1 aliphatic rings. The van der Waals surface area contributed by atoms with Gasteiger partial charge in [0.25, 0.3) is 0 Å². The zero-order valence-corrected chi connectivity index (χ0v) is 11.8. The third kappa shape index (κ3) is 4.10. The molecule has 2 N–H and O–H groups in total. The van der Waals surface area contributed by atoms with E-state index in [2.05, 4.69) is 10.6 Å². The predicted octanol–water partition coefficient (Wildman–Crippen LogP) is 2.77. The molecule has 1 aromatic heterocycles. The summed E-state index contributed by atoms with van der Waals surface area (Å²) < 4.78 is 5.33. The number of carbonyl (C=O) groups excluding carboxylic acids is 1. The lowest BCUT2D eigenvalue weighted by atomic mass is 9.95. The van der Waals surface area contributed by atoms with Gasteiger partial charge in [-0.2, -0.15) is 0 Å². The molecule has 0 saturated heterocycles. The molecule has 0 spiro atoms. The topological polar surface area (TPSA) is 54.3 Å². The second kappa shape index (κ2) is 6.75. The van der Waals surface area contributed by atoms with Crippen LogP contribution in [0.3, 0.4) is 0 Å². The highest BCUT2D eigenvalue weighted by Crippen LogP contribution is 2.18. The summed E-state index contributed by atoms with van der Waals surface area (Å²) in [5, 5.41) is 6.40. The molecule has 1 heterocycles. The van der Waals surface area contributed by atoms with Crippen LogP contribution in [0.15, 0.2) is 22.8 Å². The van der Waals surface area contributed by atoms with Gasteiger partial charge in [0.15, 0.2) is 0 Å². The fraction of sp³-hybridized carbons (Fsp3) is 0.667. The zero-order chi connectivity index (χ0) is 13.7. The maximum Gasteiger partial charge on any atom is 0.237 e. The van der Waals surface area contributed by atoms with Crippen LogP contribution < -0.4 is 10.6 Å². The van der Waals surface area contributed by atoms with Gasteiger partial charge in [-0.15, -0.1) is 0 Å². The van der Waals surface area contributed by atoms with Crippen molar-refractivity contribution in [2.24, 2.45) is 0 Å². The maximum atomic E-state index is 12.1. The van der Waals surface area contributed by atoms with Gasteiger partial charge in [0.1, 0.15) is 5.76 Å². The highest BCUT2D eigenvalue weighted by atomic mass is 16.3. The molecule has 2 atom stereocenters. The van der Waals surface area contributed by atoms with E-state index >= 15 is 0 Å². The standard InChI is InChI=1S/C15H24N2O2/c1-11(14-9-6-10-19-14)16-12(2)15(18)17-13-7-4-3-5-8-13/h6,9-13,16H,3-5,7-8H2,1-2H3,(H,17,18)/t11-,12?/m1/s1. The number of carbonyl (C=O) groups is 1. The first-order valence-electron chi connectivity index (χ1n) is 7.26. The first kappa shape index (κ1) is 14.1. The average molecular weight is 264 g/mol. The first-order valence-corrected chi connectivity index (χ1v) is 7.26. The van der Waals surface area contributed by atoms with Gasteiger partial charge >= 0.3 is 0 Å². The molecule has 1 fully saturated rings. The lowest BCUT2D eigenvalue weighted by molar-refractivity contribution is -0.123. The zero-order valence-electron chi connectivity index (χ0n) is 11.8. The monoisotopic (exact) mass is 264 g/mol. The third-order valence-corrected chi connectivity index (χ3v) is 3.81. The quantitative estimate of drug-likeness (QED) is 0.860. The Morgan fingerprint density at radius 1 is 1.32 bits per heavy atom. The van der Waals surface area contributed by atoms with Crippen LogP contribution in [0, 0.1) is 0 Å². The minimum absolute atomic E-state index is 0.0436. The number of hydrogen-bond donors (Lipinski definition) is 2. The Kier molecular flexibility index (Phi) is 5.02. The van der Waals surface area contributed by atoms with Crippen LogP contribution in [0.25, 0.3) is 0 Å². The summed E-state index contributed by atoms with van der Waals surface area (Å²) in [6.07, 6.45) is 7.65. The molecule has 19 heavy (non-hydrogen) atoms. The second-order valence-corrected chi connectivity index (χ2v) is 5.47. The van der Waals surface area contributed by atoms with Gasteiger partial charge in [-0.1, -0.05) is 19.3 Å². The molecule has 1 saturated carbocycles. The normalized spacial score (nSPS) is 19.9. The van der Waals surface area contributed by atoms with E-state index in [1.54, 1.807) is 6.26 Å². The molecular formula is C15H24N2O2. The van der Waals surface area contributed by atoms with E-state index in [-0.39, 0.29) is 18.0 Å². The van der Waals surface area contributed by atoms with E-state index in [1.165, 1.54) is 19.3 Å². The minimum atomic E-state index is -0.206. The lowest BCUT2D eigenvalue weighted by Gasteiger charge is -2.25. The van der Waals surface area contributed by atoms with Crippen molar-refractivity contribution in [3.05, 3.63) is 24.2 Å². The number of furan rings is 1. The Hall–Kier alpha value is -1.29.